The van der Waals surface area contributed by atoms with Gasteiger partial charge in [-0.05, 0) is 36.6 Å². The first-order chi connectivity index (χ1) is 9.70. The fraction of sp³-hybridized carbons (Fsp3) is 0.529. The standard InChI is InChI=1S/C17H24N2O/c1-19-9-6-14-15(19)10-13(11-16(14)20-2)17(12-18)7-4-3-5-8-17/h6,9-11H,3-5,7-8,12,18H2,1-2H3. The summed E-state index contributed by atoms with van der Waals surface area (Å²) in [6, 6.07) is 6.64. The normalized spacial score (nSPS) is 18.4. The van der Waals surface area contributed by atoms with E-state index in [1.165, 1.54) is 48.6 Å². The molecular weight excluding hydrogens is 248 g/mol. The largest absolute Gasteiger partial charge is 0.496 e. The Bertz CT molecular complexity index is 609. The van der Waals surface area contributed by atoms with E-state index in [-0.39, 0.29) is 5.41 Å². The summed E-state index contributed by atoms with van der Waals surface area (Å²) in [6.07, 6.45) is 8.39. The second-order valence-corrected chi connectivity index (χ2v) is 6.08. The molecule has 1 aromatic carbocycles. The lowest BCUT2D eigenvalue weighted by molar-refractivity contribution is 0.300. The minimum absolute atomic E-state index is 0.143. The lowest BCUT2D eigenvalue weighted by Gasteiger charge is -2.37. The minimum atomic E-state index is 0.143. The SMILES string of the molecule is COc1cc(C2(CN)CCCCC2)cc2c1ccn2C. The van der Waals surface area contributed by atoms with Crippen molar-refractivity contribution in [3.8, 4) is 5.75 Å². The van der Waals surface area contributed by atoms with Gasteiger partial charge in [0.05, 0.1) is 12.6 Å². The summed E-state index contributed by atoms with van der Waals surface area (Å²) in [5.41, 5.74) is 8.90. The maximum Gasteiger partial charge on any atom is 0.128 e. The summed E-state index contributed by atoms with van der Waals surface area (Å²) in [5.74, 6) is 0.969. The number of fused-ring (bicyclic) bond motifs is 1. The molecule has 0 unspecified atom stereocenters. The monoisotopic (exact) mass is 272 g/mol. The van der Waals surface area contributed by atoms with E-state index in [9.17, 15) is 0 Å². The fourth-order valence-electron chi connectivity index (χ4n) is 3.65. The van der Waals surface area contributed by atoms with E-state index >= 15 is 0 Å². The Balaban J connectivity index is 2.17. The fourth-order valence-corrected chi connectivity index (χ4v) is 3.65. The van der Waals surface area contributed by atoms with Crippen molar-refractivity contribution < 1.29 is 4.74 Å². The zero-order valence-corrected chi connectivity index (χ0v) is 12.5. The number of nitrogens with two attached hydrogens (primary N) is 1. The van der Waals surface area contributed by atoms with Crippen LogP contribution in [0.25, 0.3) is 10.9 Å². The summed E-state index contributed by atoms with van der Waals surface area (Å²) in [7, 11) is 3.84. The summed E-state index contributed by atoms with van der Waals surface area (Å²) < 4.78 is 7.77. The molecule has 0 bridgehead atoms. The first-order valence-electron chi connectivity index (χ1n) is 7.54. The smallest absolute Gasteiger partial charge is 0.128 e. The maximum absolute atomic E-state index is 6.17. The molecule has 0 spiro atoms. The molecule has 3 nitrogen and oxygen atoms in total. The average molecular weight is 272 g/mol. The Morgan fingerprint density at radius 3 is 2.65 bits per heavy atom. The van der Waals surface area contributed by atoms with Gasteiger partial charge in [0.1, 0.15) is 5.75 Å². The van der Waals surface area contributed by atoms with Crippen molar-refractivity contribution >= 4 is 10.9 Å². The van der Waals surface area contributed by atoms with Crippen molar-refractivity contribution in [2.45, 2.75) is 37.5 Å². The minimum Gasteiger partial charge on any atom is -0.496 e. The molecule has 1 heterocycles. The molecule has 0 atom stereocenters. The summed E-state index contributed by atoms with van der Waals surface area (Å²) >= 11 is 0. The van der Waals surface area contributed by atoms with Crippen molar-refractivity contribution in [3.05, 3.63) is 30.0 Å². The number of rotatable bonds is 3. The Labute approximate surface area is 120 Å². The van der Waals surface area contributed by atoms with Crippen LogP contribution in [0.1, 0.15) is 37.7 Å². The highest BCUT2D eigenvalue weighted by atomic mass is 16.5. The summed E-state index contributed by atoms with van der Waals surface area (Å²) in [6.45, 7) is 0.728. The number of nitrogens with zero attached hydrogens (tertiary/aromatic N) is 1. The van der Waals surface area contributed by atoms with Crippen LogP contribution in [0.5, 0.6) is 5.75 Å². The molecule has 1 aliphatic rings. The number of ether oxygens (including phenoxy) is 1. The molecule has 1 aliphatic carbocycles. The van der Waals surface area contributed by atoms with Gasteiger partial charge in [0, 0.05) is 30.6 Å². The van der Waals surface area contributed by atoms with Gasteiger partial charge in [0.15, 0.2) is 0 Å². The van der Waals surface area contributed by atoms with Crippen LogP contribution in [0.2, 0.25) is 0 Å². The van der Waals surface area contributed by atoms with Crippen molar-refractivity contribution in [1.82, 2.24) is 4.57 Å². The average Bonchev–Trinajstić information content (AvgIpc) is 2.88. The second kappa shape index (κ2) is 5.13. The van der Waals surface area contributed by atoms with Gasteiger partial charge in [-0.25, -0.2) is 0 Å². The molecule has 3 heteroatoms. The van der Waals surface area contributed by atoms with Crippen molar-refractivity contribution in [1.29, 1.82) is 0 Å². The van der Waals surface area contributed by atoms with E-state index in [1.807, 2.05) is 0 Å². The lowest BCUT2D eigenvalue weighted by atomic mass is 9.69. The van der Waals surface area contributed by atoms with Crippen LogP contribution >= 0.6 is 0 Å². The number of benzene rings is 1. The highest BCUT2D eigenvalue weighted by molar-refractivity contribution is 5.87. The molecule has 2 aromatic rings. The van der Waals surface area contributed by atoms with E-state index in [1.54, 1.807) is 7.11 Å². The zero-order valence-electron chi connectivity index (χ0n) is 12.5. The van der Waals surface area contributed by atoms with E-state index < -0.39 is 0 Å². The van der Waals surface area contributed by atoms with Crippen molar-refractivity contribution in [2.24, 2.45) is 12.8 Å². The predicted molar refractivity (Wildman–Crippen MR) is 83.3 cm³/mol. The van der Waals surface area contributed by atoms with Crippen molar-refractivity contribution in [2.75, 3.05) is 13.7 Å². The van der Waals surface area contributed by atoms with Crippen LogP contribution < -0.4 is 10.5 Å². The second-order valence-electron chi connectivity index (χ2n) is 6.08. The summed E-state index contributed by atoms with van der Waals surface area (Å²) in [4.78, 5) is 0. The van der Waals surface area contributed by atoms with Gasteiger partial charge in [0.2, 0.25) is 0 Å². The van der Waals surface area contributed by atoms with Crippen molar-refractivity contribution in [3.63, 3.8) is 0 Å². The lowest BCUT2D eigenvalue weighted by Crippen LogP contribution is -2.37. The number of methoxy groups -OCH3 is 1. The Hall–Kier alpha value is -1.48. The molecule has 108 valence electrons. The van der Waals surface area contributed by atoms with E-state index in [0.29, 0.717) is 0 Å². The molecule has 1 saturated carbocycles. The summed E-state index contributed by atoms with van der Waals surface area (Å²) in [5, 5.41) is 1.18. The van der Waals surface area contributed by atoms with Gasteiger partial charge in [-0.1, -0.05) is 19.3 Å². The van der Waals surface area contributed by atoms with Crippen LogP contribution in [-0.4, -0.2) is 18.2 Å². The molecule has 3 rings (SSSR count). The third kappa shape index (κ3) is 2.01. The van der Waals surface area contributed by atoms with Gasteiger partial charge in [-0.3, -0.25) is 0 Å². The molecule has 0 saturated heterocycles. The molecule has 0 radical (unpaired) electrons. The van der Waals surface area contributed by atoms with Gasteiger partial charge >= 0.3 is 0 Å². The van der Waals surface area contributed by atoms with E-state index in [2.05, 4.69) is 36.0 Å². The molecule has 2 N–H and O–H groups in total. The highest BCUT2D eigenvalue weighted by Gasteiger charge is 2.33. The Morgan fingerprint density at radius 1 is 1.25 bits per heavy atom. The molecule has 0 amide bonds. The van der Waals surface area contributed by atoms with Gasteiger partial charge in [0.25, 0.3) is 0 Å². The number of hydrogen-bond acceptors (Lipinski definition) is 2. The van der Waals surface area contributed by atoms with E-state index in [0.717, 1.165) is 12.3 Å². The quantitative estimate of drug-likeness (QED) is 0.931. The van der Waals surface area contributed by atoms with Crippen LogP contribution in [0, 0.1) is 0 Å². The third-order valence-electron chi connectivity index (χ3n) is 5.00. The molecule has 0 aliphatic heterocycles. The Morgan fingerprint density at radius 2 is 2.00 bits per heavy atom. The topological polar surface area (TPSA) is 40.2 Å². The van der Waals surface area contributed by atoms with Gasteiger partial charge in [-0.15, -0.1) is 0 Å². The number of aryl methyl sites for hydroxylation is 1. The zero-order chi connectivity index (χ0) is 14.2. The van der Waals surface area contributed by atoms with Crippen LogP contribution in [0.15, 0.2) is 24.4 Å². The molecule has 1 fully saturated rings. The van der Waals surface area contributed by atoms with Crippen LogP contribution in [0.3, 0.4) is 0 Å². The third-order valence-corrected chi connectivity index (χ3v) is 5.00. The van der Waals surface area contributed by atoms with Gasteiger partial charge < -0.3 is 15.0 Å². The van der Waals surface area contributed by atoms with E-state index in [4.69, 9.17) is 10.5 Å². The number of hydrogen-bond donors (Lipinski definition) is 1. The van der Waals surface area contributed by atoms with Crippen LogP contribution in [-0.2, 0) is 12.5 Å². The predicted octanol–water partition coefficient (Wildman–Crippen LogP) is 3.35. The molecular formula is C17H24N2O. The molecule has 20 heavy (non-hydrogen) atoms. The number of aromatic nitrogens is 1. The first-order valence-corrected chi connectivity index (χ1v) is 7.54. The van der Waals surface area contributed by atoms with Gasteiger partial charge in [-0.2, -0.15) is 0 Å². The Kier molecular flexibility index (Phi) is 3.47. The molecule has 1 aromatic heterocycles. The first kappa shape index (κ1) is 13.5. The maximum atomic E-state index is 6.17. The van der Waals surface area contributed by atoms with Crippen LogP contribution in [0.4, 0.5) is 0 Å². The highest BCUT2D eigenvalue weighted by Crippen LogP contribution is 2.41.